The summed E-state index contributed by atoms with van der Waals surface area (Å²) in [6, 6.07) is 4.63. The average Bonchev–Trinajstić information content (AvgIpc) is 2.77. The number of nitro benzene ring substituents is 1. The van der Waals surface area contributed by atoms with Crippen LogP contribution in [-0.2, 0) is 0 Å². The highest BCUT2D eigenvalue weighted by atomic mass is 35.5. The van der Waals surface area contributed by atoms with Gasteiger partial charge in [-0.1, -0.05) is 17.7 Å². The molecule has 0 aliphatic heterocycles. The molecule has 0 aliphatic carbocycles. The van der Waals surface area contributed by atoms with Crippen molar-refractivity contribution in [2.75, 3.05) is 0 Å². The number of nitrogens with zero attached hydrogens (tertiary/aromatic N) is 4. The Hall–Kier alpha value is -1.95. The minimum atomic E-state index is -0.472. The smallest absolute Gasteiger partial charge is 0.281 e. The molecule has 18 heavy (non-hydrogen) atoms. The molecule has 0 spiro atoms. The summed E-state index contributed by atoms with van der Waals surface area (Å²) in [6.07, 6.45) is 1.53. The summed E-state index contributed by atoms with van der Waals surface area (Å²) in [7, 11) is 0. The molecular formula is C11H11ClN4O2. The van der Waals surface area contributed by atoms with Crippen LogP contribution in [0.3, 0.4) is 0 Å². The van der Waals surface area contributed by atoms with Gasteiger partial charge in [-0.3, -0.25) is 10.1 Å². The van der Waals surface area contributed by atoms with Crippen LogP contribution in [0.15, 0.2) is 24.5 Å². The number of hydrogen-bond donors (Lipinski definition) is 0. The quantitative estimate of drug-likeness (QED) is 0.632. The molecule has 0 amide bonds. The van der Waals surface area contributed by atoms with Crippen molar-refractivity contribution < 1.29 is 4.92 Å². The molecule has 94 valence electrons. The summed E-state index contributed by atoms with van der Waals surface area (Å²) >= 11 is 6.06. The number of nitro groups is 1. The Kier molecular flexibility index (Phi) is 3.29. The number of hydrogen-bond acceptors (Lipinski definition) is 4. The van der Waals surface area contributed by atoms with E-state index >= 15 is 0 Å². The molecule has 0 radical (unpaired) electrons. The zero-order chi connectivity index (χ0) is 13.3. The molecule has 0 aliphatic rings. The van der Waals surface area contributed by atoms with Crippen LogP contribution in [0.5, 0.6) is 0 Å². The largest absolute Gasteiger partial charge is 0.311 e. The van der Waals surface area contributed by atoms with E-state index in [9.17, 15) is 10.1 Å². The summed E-state index contributed by atoms with van der Waals surface area (Å²) in [4.78, 5) is 10.6. The van der Waals surface area contributed by atoms with E-state index in [0.29, 0.717) is 16.4 Å². The zero-order valence-electron chi connectivity index (χ0n) is 9.87. The SMILES string of the molecule is CC(C)n1cnnc1-c1c(Cl)cccc1[N+](=O)[O-]. The zero-order valence-corrected chi connectivity index (χ0v) is 10.6. The first-order chi connectivity index (χ1) is 8.52. The minimum Gasteiger partial charge on any atom is -0.311 e. The van der Waals surface area contributed by atoms with Gasteiger partial charge < -0.3 is 4.57 Å². The third kappa shape index (κ3) is 2.06. The highest BCUT2D eigenvalue weighted by molar-refractivity contribution is 6.33. The van der Waals surface area contributed by atoms with Crippen molar-refractivity contribution in [3.05, 3.63) is 39.7 Å². The van der Waals surface area contributed by atoms with Gasteiger partial charge in [-0.15, -0.1) is 10.2 Å². The second-order valence-corrected chi connectivity index (χ2v) is 4.45. The van der Waals surface area contributed by atoms with Crippen molar-refractivity contribution in [3.63, 3.8) is 0 Å². The number of halogens is 1. The second kappa shape index (κ2) is 4.73. The normalized spacial score (nSPS) is 10.9. The molecule has 2 aromatic rings. The molecule has 7 heteroatoms. The Morgan fingerprint density at radius 1 is 1.44 bits per heavy atom. The van der Waals surface area contributed by atoms with E-state index in [-0.39, 0.29) is 11.7 Å². The molecule has 6 nitrogen and oxygen atoms in total. The van der Waals surface area contributed by atoms with E-state index in [1.165, 1.54) is 12.4 Å². The maximum absolute atomic E-state index is 11.0. The highest BCUT2D eigenvalue weighted by Crippen LogP contribution is 2.35. The van der Waals surface area contributed by atoms with E-state index in [0.717, 1.165) is 0 Å². The summed E-state index contributed by atoms with van der Waals surface area (Å²) in [6.45, 7) is 3.88. The van der Waals surface area contributed by atoms with Crippen molar-refractivity contribution in [2.45, 2.75) is 19.9 Å². The fourth-order valence-corrected chi connectivity index (χ4v) is 1.94. The molecule has 0 bridgehead atoms. The van der Waals surface area contributed by atoms with Crippen LogP contribution >= 0.6 is 11.6 Å². The van der Waals surface area contributed by atoms with Gasteiger partial charge >= 0.3 is 0 Å². The van der Waals surface area contributed by atoms with Gasteiger partial charge in [0.2, 0.25) is 0 Å². The Morgan fingerprint density at radius 2 is 2.17 bits per heavy atom. The van der Waals surface area contributed by atoms with Gasteiger partial charge in [0.25, 0.3) is 5.69 Å². The predicted molar refractivity (Wildman–Crippen MR) is 67.5 cm³/mol. The predicted octanol–water partition coefficient (Wildman–Crippen LogP) is 3.09. The molecule has 1 heterocycles. The molecule has 0 N–H and O–H groups in total. The molecule has 0 atom stereocenters. The lowest BCUT2D eigenvalue weighted by Gasteiger charge is -2.11. The lowest BCUT2D eigenvalue weighted by molar-refractivity contribution is -0.384. The Morgan fingerprint density at radius 3 is 2.78 bits per heavy atom. The van der Waals surface area contributed by atoms with Crippen molar-refractivity contribution in [1.29, 1.82) is 0 Å². The van der Waals surface area contributed by atoms with Gasteiger partial charge in [-0.2, -0.15) is 0 Å². The number of rotatable bonds is 3. The van der Waals surface area contributed by atoms with E-state index in [1.54, 1.807) is 16.7 Å². The van der Waals surface area contributed by atoms with Crippen LogP contribution in [0.2, 0.25) is 5.02 Å². The van der Waals surface area contributed by atoms with E-state index in [1.807, 2.05) is 13.8 Å². The Bertz CT molecular complexity index is 594. The number of aromatic nitrogens is 3. The summed E-state index contributed by atoms with van der Waals surface area (Å²) in [5, 5.41) is 19.1. The van der Waals surface area contributed by atoms with Gasteiger partial charge in [-0.05, 0) is 19.9 Å². The topological polar surface area (TPSA) is 73.8 Å². The molecule has 0 saturated carbocycles. The fourth-order valence-electron chi connectivity index (χ4n) is 1.69. The third-order valence-electron chi connectivity index (χ3n) is 2.54. The van der Waals surface area contributed by atoms with Crippen molar-refractivity contribution in [3.8, 4) is 11.4 Å². The maximum atomic E-state index is 11.0. The molecule has 1 aromatic heterocycles. The van der Waals surface area contributed by atoms with E-state index in [2.05, 4.69) is 10.2 Å². The lowest BCUT2D eigenvalue weighted by atomic mass is 10.1. The van der Waals surface area contributed by atoms with Crippen LogP contribution in [0, 0.1) is 10.1 Å². The summed E-state index contributed by atoms with van der Waals surface area (Å²) < 4.78 is 1.74. The van der Waals surface area contributed by atoms with Crippen molar-refractivity contribution in [2.24, 2.45) is 0 Å². The fraction of sp³-hybridized carbons (Fsp3) is 0.273. The molecular weight excluding hydrogens is 256 g/mol. The number of benzene rings is 1. The Balaban J connectivity index is 2.70. The summed E-state index contributed by atoms with van der Waals surface area (Å²) in [5.74, 6) is 0.405. The van der Waals surface area contributed by atoms with Gasteiger partial charge in [-0.25, -0.2) is 0 Å². The minimum absolute atomic E-state index is 0.0719. The maximum Gasteiger partial charge on any atom is 0.281 e. The van der Waals surface area contributed by atoms with Crippen LogP contribution in [0.25, 0.3) is 11.4 Å². The first-order valence-corrected chi connectivity index (χ1v) is 5.73. The van der Waals surface area contributed by atoms with Crippen LogP contribution in [0.1, 0.15) is 19.9 Å². The van der Waals surface area contributed by atoms with E-state index < -0.39 is 4.92 Å². The van der Waals surface area contributed by atoms with E-state index in [4.69, 9.17) is 11.6 Å². The monoisotopic (exact) mass is 266 g/mol. The van der Waals surface area contributed by atoms with Gasteiger partial charge in [0, 0.05) is 12.1 Å². The van der Waals surface area contributed by atoms with Gasteiger partial charge in [0.15, 0.2) is 5.82 Å². The second-order valence-electron chi connectivity index (χ2n) is 4.05. The highest BCUT2D eigenvalue weighted by Gasteiger charge is 2.23. The van der Waals surface area contributed by atoms with Gasteiger partial charge in [0.05, 0.1) is 9.95 Å². The third-order valence-corrected chi connectivity index (χ3v) is 2.86. The molecule has 0 unspecified atom stereocenters. The standard InChI is InChI=1S/C11H11ClN4O2/c1-7(2)15-6-13-14-11(15)10-8(12)4-3-5-9(10)16(17)18/h3-7H,1-2H3. The first-order valence-electron chi connectivity index (χ1n) is 5.35. The molecule has 1 aromatic carbocycles. The van der Waals surface area contributed by atoms with Crippen LogP contribution < -0.4 is 0 Å². The van der Waals surface area contributed by atoms with Crippen molar-refractivity contribution >= 4 is 17.3 Å². The molecule has 0 saturated heterocycles. The molecule has 2 rings (SSSR count). The van der Waals surface area contributed by atoms with Crippen LogP contribution in [0.4, 0.5) is 5.69 Å². The lowest BCUT2D eigenvalue weighted by Crippen LogP contribution is -2.04. The first kappa shape index (κ1) is 12.5. The van der Waals surface area contributed by atoms with Crippen molar-refractivity contribution in [1.82, 2.24) is 14.8 Å². The molecule has 0 fully saturated rings. The Labute approximate surface area is 108 Å². The van der Waals surface area contributed by atoms with Gasteiger partial charge in [0.1, 0.15) is 11.9 Å². The van der Waals surface area contributed by atoms with Crippen LogP contribution in [-0.4, -0.2) is 19.7 Å². The average molecular weight is 267 g/mol. The summed E-state index contributed by atoms with van der Waals surface area (Å²) in [5.41, 5.74) is 0.229.